The number of hydrogen-bond acceptors (Lipinski definition) is 4. The van der Waals surface area contributed by atoms with Gasteiger partial charge in [0.05, 0.1) is 11.1 Å². The second kappa shape index (κ2) is 7.41. The third kappa shape index (κ3) is 3.31. The molecule has 0 aliphatic rings. The van der Waals surface area contributed by atoms with E-state index in [1.807, 2.05) is 67.6 Å². The molecule has 1 heterocycles. The minimum Gasteiger partial charge on any atom is -0.468 e. The van der Waals surface area contributed by atoms with E-state index in [0.29, 0.717) is 23.3 Å². The molecule has 0 saturated heterocycles. The third-order valence-corrected chi connectivity index (χ3v) is 4.43. The van der Waals surface area contributed by atoms with Crippen molar-refractivity contribution in [3.8, 4) is 5.75 Å². The van der Waals surface area contributed by atoms with Gasteiger partial charge >= 0.3 is 0 Å². The molecule has 1 unspecified atom stereocenters. The second-order valence-electron chi connectivity index (χ2n) is 6.19. The predicted molar refractivity (Wildman–Crippen MR) is 104 cm³/mol. The zero-order valence-electron chi connectivity index (χ0n) is 14.9. The van der Waals surface area contributed by atoms with E-state index in [2.05, 4.69) is 10.3 Å². The highest BCUT2D eigenvalue weighted by molar-refractivity contribution is 6.10. The molecule has 0 N–H and O–H groups in total. The van der Waals surface area contributed by atoms with Crippen molar-refractivity contribution in [2.75, 3.05) is 0 Å². The highest BCUT2D eigenvalue weighted by Crippen LogP contribution is 2.27. The van der Waals surface area contributed by atoms with Crippen molar-refractivity contribution in [1.29, 1.82) is 0 Å². The van der Waals surface area contributed by atoms with Crippen molar-refractivity contribution in [2.24, 2.45) is 0 Å². The fraction of sp³-hybridized carbons (Fsp3) is 0.136. The molecule has 27 heavy (non-hydrogen) atoms. The van der Waals surface area contributed by atoms with Gasteiger partial charge in [0.1, 0.15) is 11.3 Å². The van der Waals surface area contributed by atoms with E-state index in [0.717, 1.165) is 11.0 Å². The Morgan fingerprint density at radius 3 is 2.48 bits per heavy atom. The number of nitrogens with zero attached hydrogens (tertiary/aromatic N) is 3. The molecular formula is C22H19N3O2. The largest absolute Gasteiger partial charge is 0.468 e. The molecule has 134 valence electrons. The maximum atomic E-state index is 12.9. The highest BCUT2D eigenvalue weighted by atomic mass is 16.5. The van der Waals surface area contributed by atoms with Crippen molar-refractivity contribution in [3.63, 3.8) is 0 Å². The Kier molecular flexibility index (Phi) is 4.66. The van der Waals surface area contributed by atoms with Crippen LogP contribution in [0.25, 0.3) is 11.0 Å². The van der Waals surface area contributed by atoms with Gasteiger partial charge in [-0.15, -0.1) is 5.10 Å². The molecule has 5 nitrogen and oxygen atoms in total. The standard InChI is InChI=1S/C22H19N3O2/c1-2-21(25-19-14-8-7-13-18(19)23-24-25)27-20-15-9-6-12-17(20)22(26)16-10-4-3-5-11-16/h3-15,21H,2H2,1H3. The molecule has 4 rings (SSSR count). The first-order chi connectivity index (χ1) is 13.3. The van der Waals surface area contributed by atoms with Gasteiger partial charge in [0.2, 0.25) is 0 Å². The smallest absolute Gasteiger partial charge is 0.196 e. The summed E-state index contributed by atoms with van der Waals surface area (Å²) in [6.45, 7) is 2.02. The number of rotatable bonds is 6. The Morgan fingerprint density at radius 2 is 1.67 bits per heavy atom. The van der Waals surface area contributed by atoms with E-state index in [4.69, 9.17) is 4.74 Å². The molecule has 1 aromatic heterocycles. The Balaban J connectivity index is 1.69. The van der Waals surface area contributed by atoms with Gasteiger partial charge in [0, 0.05) is 12.0 Å². The molecule has 0 bridgehead atoms. The first-order valence-electron chi connectivity index (χ1n) is 8.93. The van der Waals surface area contributed by atoms with Gasteiger partial charge in [-0.25, -0.2) is 4.68 Å². The summed E-state index contributed by atoms with van der Waals surface area (Å²) in [5.41, 5.74) is 2.88. The van der Waals surface area contributed by atoms with Gasteiger partial charge in [0.25, 0.3) is 0 Å². The number of hydrogen-bond donors (Lipinski definition) is 0. The van der Waals surface area contributed by atoms with E-state index < -0.39 is 0 Å². The minimum absolute atomic E-state index is 0.0653. The van der Waals surface area contributed by atoms with Crippen LogP contribution in [0.1, 0.15) is 35.5 Å². The van der Waals surface area contributed by atoms with E-state index in [1.165, 1.54) is 0 Å². The Labute approximate surface area is 157 Å². The van der Waals surface area contributed by atoms with Crippen LogP contribution in [0.3, 0.4) is 0 Å². The highest BCUT2D eigenvalue weighted by Gasteiger charge is 2.20. The molecule has 0 spiro atoms. The number of benzene rings is 3. The monoisotopic (exact) mass is 357 g/mol. The number of carbonyl (C=O) groups is 1. The maximum Gasteiger partial charge on any atom is 0.196 e. The fourth-order valence-electron chi connectivity index (χ4n) is 3.05. The van der Waals surface area contributed by atoms with Gasteiger partial charge in [-0.05, 0) is 24.3 Å². The number of ketones is 1. The minimum atomic E-state index is -0.359. The zero-order chi connectivity index (χ0) is 18.6. The summed E-state index contributed by atoms with van der Waals surface area (Å²) in [6.07, 6.45) is 0.323. The van der Waals surface area contributed by atoms with Crippen molar-refractivity contribution in [3.05, 3.63) is 90.0 Å². The average molecular weight is 357 g/mol. The fourth-order valence-corrected chi connectivity index (χ4v) is 3.05. The Bertz CT molecular complexity index is 1070. The van der Waals surface area contributed by atoms with Crippen molar-refractivity contribution >= 4 is 16.8 Å². The van der Waals surface area contributed by atoms with Crippen LogP contribution in [0.4, 0.5) is 0 Å². The molecule has 1 atom stereocenters. The van der Waals surface area contributed by atoms with Gasteiger partial charge in [-0.1, -0.05) is 66.7 Å². The van der Waals surface area contributed by atoms with E-state index in [-0.39, 0.29) is 12.0 Å². The maximum absolute atomic E-state index is 12.9. The zero-order valence-corrected chi connectivity index (χ0v) is 14.9. The second-order valence-corrected chi connectivity index (χ2v) is 6.19. The predicted octanol–water partition coefficient (Wildman–Crippen LogP) is 4.65. The molecule has 0 saturated carbocycles. The summed E-state index contributed by atoms with van der Waals surface area (Å²) >= 11 is 0. The van der Waals surface area contributed by atoms with Crippen LogP contribution in [0, 0.1) is 0 Å². The number of ether oxygens (including phenoxy) is 1. The SMILES string of the molecule is CCC(Oc1ccccc1C(=O)c1ccccc1)n1nnc2ccccc21. The number of carbonyl (C=O) groups excluding carboxylic acids is 1. The normalized spacial score (nSPS) is 12.0. The van der Waals surface area contributed by atoms with Crippen LogP contribution in [0.2, 0.25) is 0 Å². The molecular weight excluding hydrogens is 338 g/mol. The molecule has 0 radical (unpaired) electrons. The van der Waals surface area contributed by atoms with Crippen molar-refractivity contribution in [1.82, 2.24) is 15.0 Å². The Morgan fingerprint density at radius 1 is 0.963 bits per heavy atom. The molecule has 0 amide bonds. The third-order valence-electron chi connectivity index (χ3n) is 4.43. The van der Waals surface area contributed by atoms with Crippen LogP contribution in [0.5, 0.6) is 5.75 Å². The van der Waals surface area contributed by atoms with Crippen LogP contribution in [-0.4, -0.2) is 20.8 Å². The quantitative estimate of drug-likeness (QED) is 0.471. The number of para-hydroxylation sites is 2. The first-order valence-corrected chi connectivity index (χ1v) is 8.93. The Hall–Kier alpha value is -3.47. The number of aromatic nitrogens is 3. The summed E-state index contributed by atoms with van der Waals surface area (Å²) in [5.74, 6) is 0.474. The van der Waals surface area contributed by atoms with Crippen LogP contribution < -0.4 is 4.74 Å². The lowest BCUT2D eigenvalue weighted by Crippen LogP contribution is -2.18. The van der Waals surface area contributed by atoms with Crippen LogP contribution in [0.15, 0.2) is 78.9 Å². The van der Waals surface area contributed by atoms with Crippen molar-refractivity contribution < 1.29 is 9.53 Å². The molecule has 5 heteroatoms. The topological polar surface area (TPSA) is 57.0 Å². The summed E-state index contributed by atoms with van der Waals surface area (Å²) in [6, 6.07) is 24.3. The van der Waals surface area contributed by atoms with Crippen LogP contribution in [-0.2, 0) is 0 Å². The summed E-state index contributed by atoms with van der Waals surface area (Å²) in [5, 5.41) is 8.45. The lowest BCUT2D eigenvalue weighted by molar-refractivity contribution is 0.0994. The molecule has 0 aliphatic carbocycles. The van der Waals surface area contributed by atoms with Gasteiger partial charge in [0.15, 0.2) is 12.0 Å². The lowest BCUT2D eigenvalue weighted by Gasteiger charge is -2.20. The summed E-state index contributed by atoms with van der Waals surface area (Å²) in [4.78, 5) is 12.9. The molecule has 0 fully saturated rings. The van der Waals surface area contributed by atoms with Gasteiger partial charge in [-0.3, -0.25) is 4.79 Å². The van der Waals surface area contributed by atoms with Crippen LogP contribution >= 0.6 is 0 Å². The summed E-state index contributed by atoms with van der Waals surface area (Å²) in [7, 11) is 0. The molecule has 3 aromatic carbocycles. The average Bonchev–Trinajstić information content (AvgIpc) is 3.16. The van der Waals surface area contributed by atoms with Crippen molar-refractivity contribution in [2.45, 2.75) is 19.6 Å². The van der Waals surface area contributed by atoms with E-state index in [1.54, 1.807) is 22.9 Å². The molecule has 4 aromatic rings. The summed E-state index contributed by atoms with van der Waals surface area (Å²) < 4.78 is 7.99. The van der Waals surface area contributed by atoms with E-state index in [9.17, 15) is 4.79 Å². The first kappa shape index (κ1) is 17.0. The molecule has 0 aliphatic heterocycles. The van der Waals surface area contributed by atoms with Gasteiger partial charge < -0.3 is 4.74 Å². The van der Waals surface area contributed by atoms with Gasteiger partial charge in [-0.2, -0.15) is 0 Å². The number of fused-ring (bicyclic) bond motifs is 1. The van der Waals surface area contributed by atoms with E-state index >= 15 is 0 Å². The lowest BCUT2D eigenvalue weighted by atomic mass is 10.0.